The van der Waals surface area contributed by atoms with Gasteiger partial charge in [-0.3, -0.25) is 4.79 Å². The van der Waals surface area contributed by atoms with Crippen LogP contribution >= 0.6 is 23.2 Å². The monoisotopic (exact) mass is 395 g/mol. The van der Waals surface area contributed by atoms with Crippen molar-refractivity contribution >= 4 is 40.9 Å². The predicted octanol–water partition coefficient (Wildman–Crippen LogP) is 4.39. The quantitative estimate of drug-likeness (QED) is 0.760. The molecule has 1 aliphatic rings. The summed E-state index contributed by atoms with van der Waals surface area (Å²) in [6.45, 7) is 0.126. The first kappa shape index (κ1) is 18.2. The van der Waals surface area contributed by atoms with Crippen LogP contribution < -0.4 is 24.3 Å². The minimum Gasteiger partial charge on any atom is -0.495 e. The lowest BCUT2D eigenvalue weighted by molar-refractivity contribution is -0.111. The van der Waals surface area contributed by atoms with Gasteiger partial charge in [0.15, 0.2) is 11.5 Å². The second-order valence-electron chi connectivity index (χ2n) is 5.25. The van der Waals surface area contributed by atoms with E-state index in [-0.39, 0.29) is 12.7 Å². The third-order valence-electron chi connectivity index (χ3n) is 3.61. The van der Waals surface area contributed by atoms with Crippen LogP contribution in [0, 0.1) is 0 Å². The van der Waals surface area contributed by atoms with Gasteiger partial charge < -0.3 is 24.3 Å². The van der Waals surface area contributed by atoms with Crippen molar-refractivity contribution in [2.45, 2.75) is 0 Å². The minimum atomic E-state index is -0.363. The maximum atomic E-state index is 12.2. The first-order valence-electron chi connectivity index (χ1n) is 7.51. The van der Waals surface area contributed by atoms with Crippen molar-refractivity contribution in [1.29, 1.82) is 0 Å². The van der Waals surface area contributed by atoms with Crippen molar-refractivity contribution < 1.29 is 23.7 Å². The number of ether oxygens (including phenoxy) is 4. The number of hydrogen-bond donors (Lipinski definition) is 1. The maximum absolute atomic E-state index is 12.2. The Hall–Kier alpha value is -2.57. The molecule has 0 saturated carbocycles. The Morgan fingerprint density at radius 2 is 1.85 bits per heavy atom. The highest BCUT2D eigenvalue weighted by atomic mass is 35.5. The van der Waals surface area contributed by atoms with Crippen molar-refractivity contribution in [2.75, 3.05) is 26.3 Å². The number of benzene rings is 2. The summed E-state index contributed by atoms with van der Waals surface area (Å²) in [5.41, 5.74) is 1.13. The summed E-state index contributed by atoms with van der Waals surface area (Å²) in [5, 5.41) is 3.49. The summed E-state index contributed by atoms with van der Waals surface area (Å²) in [4.78, 5) is 12.2. The molecule has 0 bridgehead atoms. The van der Waals surface area contributed by atoms with Crippen LogP contribution in [-0.2, 0) is 4.79 Å². The second kappa shape index (κ2) is 7.76. The maximum Gasteiger partial charge on any atom is 0.248 e. The summed E-state index contributed by atoms with van der Waals surface area (Å²) >= 11 is 12.2. The number of rotatable bonds is 5. The van der Waals surface area contributed by atoms with Gasteiger partial charge in [0.2, 0.25) is 12.7 Å². The van der Waals surface area contributed by atoms with E-state index in [1.165, 1.54) is 20.3 Å². The van der Waals surface area contributed by atoms with E-state index >= 15 is 0 Å². The fraction of sp³-hybridized carbons (Fsp3) is 0.167. The smallest absolute Gasteiger partial charge is 0.248 e. The average molecular weight is 396 g/mol. The van der Waals surface area contributed by atoms with Crippen molar-refractivity contribution in [3.8, 4) is 23.0 Å². The number of methoxy groups -OCH3 is 2. The van der Waals surface area contributed by atoms with Gasteiger partial charge in [-0.2, -0.15) is 0 Å². The molecule has 136 valence electrons. The molecule has 26 heavy (non-hydrogen) atoms. The van der Waals surface area contributed by atoms with Gasteiger partial charge >= 0.3 is 0 Å². The van der Waals surface area contributed by atoms with E-state index < -0.39 is 0 Å². The molecular formula is C18H15Cl2NO5. The van der Waals surface area contributed by atoms with E-state index in [2.05, 4.69) is 5.32 Å². The van der Waals surface area contributed by atoms with Gasteiger partial charge in [-0.1, -0.05) is 23.2 Å². The third-order valence-corrected chi connectivity index (χ3v) is 4.18. The van der Waals surface area contributed by atoms with Crippen LogP contribution in [0.1, 0.15) is 5.56 Å². The SMILES string of the molecule is COc1cc(OC)c(NC(=O)/C=C/c2cc(Cl)c3c(c2)OCO3)cc1Cl. The number of carbonyl (C=O) groups is 1. The van der Waals surface area contributed by atoms with Gasteiger partial charge in [-0.05, 0) is 29.8 Å². The van der Waals surface area contributed by atoms with Crippen LogP contribution in [0.3, 0.4) is 0 Å². The lowest BCUT2D eigenvalue weighted by atomic mass is 10.2. The van der Waals surface area contributed by atoms with Crippen LogP contribution in [-0.4, -0.2) is 26.9 Å². The highest BCUT2D eigenvalue weighted by molar-refractivity contribution is 6.33. The lowest BCUT2D eigenvalue weighted by Crippen LogP contribution is -2.09. The molecular weight excluding hydrogens is 381 g/mol. The number of nitrogens with one attached hydrogen (secondary N) is 1. The van der Waals surface area contributed by atoms with Gasteiger partial charge in [-0.15, -0.1) is 0 Å². The van der Waals surface area contributed by atoms with E-state index in [0.29, 0.717) is 44.3 Å². The number of fused-ring (bicyclic) bond motifs is 1. The molecule has 1 heterocycles. The topological polar surface area (TPSA) is 66.0 Å². The van der Waals surface area contributed by atoms with E-state index in [1.54, 1.807) is 30.3 Å². The Morgan fingerprint density at radius 3 is 2.58 bits per heavy atom. The molecule has 0 unspecified atom stereocenters. The molecule has 1 N–H and O–H groups in total. The van der Waals surface area contributed by atoms with Crippen LogP contribution in [0.15, 0.2) is 30.3 Å². The van der Waals surface area contributed by atoms with Gasteiger partial charge in [0.05, 0.1) is 30.0 Å². The Bertz CT molecular complexity index is 882. The van der Waals surface area contributed by atoms with Crippen molar-refractivity contribution in [3.05, 3.63) is 46.0 Å². The van der Waals surface area contributed by atoms with Gasteiger partial charge in [-0.25, -0.2) is 0 Å². The molecule has 6 nitrogen and oxygen atoms in total. The number of anilines is 1. The molecule has 0 aliphatic carbocycles. The van der Waals surface area contributed by atoms with E-state index in [4.69, 9.17) is 42.1 Å². The predicted molar refractivity (Wildman–Crippen MR) is 99.8 cm³/mol. The zero-order chi connectivity index (χ0) is 18.7. The van der Waals surface area contributed by atoms with Crippen molar-refractivity contribution in [2.24, 2.45) is 0 Å². The molecule has 0 saturated heterocycles. The average Bonchev–Trinajstić information content (AvgIpc) is 3.09. The first-order chi connectivity index (χ1) is 12.5. The van der Waals surface area contributed by atoms with Crippen LogP contribution in [0.25, 0.3) is 6.08 Å². The van der Waals surface area contributed by atoms with E-state index in [9.17, 15) is 4.79 Å². The number of hydrogen-bond acceptors (Lipinski definition) is 5. The Kier molecular flexibility index (Phi) is 5.44. The fourth-order valence-corrected chi connectivity index (χ4v) is 2.90. The largest absolute Gasteiger partial charge is 0.495 e. The molecule has 0 spiro atoms. The van der Waals surface area contributed by atoms with Crippen LogP contribution in [0.4, 0.5) is 5.69 Å². The van der Waals surface area contributed by atoms with Crippen LogP contribution in [0.2, 0.25) is 10.0 Å². The number of amides is 1. The Balaban J connectivity index is 1.76. The number of halogens is 2. The molecule has 8 heteroatoms. The van der Waals surface area contributed by atoms with Gasteiger partial charge in [0, 0.05) is 12.1 Å². The molecule has 2 aromatic carbocycles. The zero-order valence-corrected chi connectivity index (χ0v) is 15.5. The summed E-state index contributed by atoms with van der Waals surface area (Å²) in [7, 11) is 2.99. The summed E-state index contributed by atoms with van der Waals surface area (Å²) in [6.07, 6.45) is 2.98. The molecule has 1 amide bonds. The molecule has 2 aromatic rings. The Labute approximate surface area is 160 Å². The van der Waals surface area contributed by atoms with Crippen LogP contribution in [0.5, 0.6) is 23.0 Å². The van der Waals surface area contributed by atoms with Gasteiger partial charge in [0.1, 0.15) is 11.5 Å². The van der Waals surface area contributed by atoms with Gasteiger partial charge in [0.25, 0.3) is 0 Å². The third kappa shape index (κ3) is 3.81. The van der Waals surface area contributed by atoms with Crippen molar-refractivity contribution in [3.63, 3.8) is 0 Å². The highest BCUT2D eigenvalue weighted by Gasteiger charge is 2.17. The number of carbonyl (C=O) groups excluding carboxylic acids is 1. The zero-order valence-electron chi connectivity index (χ0n) is 14.0. The molecule has 0 radical (unpaired) electrons. The highest BCUT2D eigenvalue weighted by Crippen LogP contribution is 2.40. The standard InChI is InChI=1S/C18H15Cl2NO5/c1-23-14-8-15(24-2)13(7-11(14)19)21-17(22)4-3-10-5-12(20)18-16(6-10)25-9-26-18/h3-8H,9H2,1-2H3,(H,21,22)/b4-3+. The van der Waals surface area contributed by atoms with E-state index in [1.807, 2.05) is 0 Å². The molecule has 3 rings (SSSR count). The molecule has 0 atom stereocenters. The first-order valence-corrected chi connectivity index (χ1v) is 8.27. The van der Waals surface area contributed by atoms with E-state index in [0.717, 1.165) is 0 Å². The molecule has 0 aromatic heterocycles. The summed E-state index contributed by atoms with van der Waals surface area (Å²) in [5.74, 6) is 1.57. The summed E-state index contributed by atoms with van der Waals surface area (Å²) in [6, 6.07) is 6.58. The molecule has 1 aliphatic heterocycles. The normalized spacial score (nSPS) is 12.3. The second-order valence-corrected chi connectivity index (χ2v) is 6.06. The fourth-order valence-electron chi connectivity index (χ4n) is 2.39. The minimum absolute atomic E-state index is 0.126. The Morgan fingerprint density at radius 1 is 1.08 bits per heavy atom. The lowest BCUT2D eigenvalue weighted by Gasteiger charge is -2.12. The molecule has 0 fully saturated rings. The summed E-state index contributed by atoms with van der Waals surface area (Å²) < 4.78 is 20.9. The van der Waals surface area contributed by atoms with Crippen molar-refractivity contribution in [1.82, 2.24) is 0 Å².